The van der Waals surface area contributed by atoms with E-state index in [1.165, 1.54) is 18.2 Å². The number of furan rings is 1. The topological polar surface area (TPSA) is 56.3 Å². The molecule has 0 bridgehead atoms. The van der Waals surface area contributed by atoms with Crippen LogP contribution in [0.15, 0.2) is 46.0 Å². The second kappa shape index (κ2) is 8.08. The number of nitro groups is 1. The van der Waals surface area contributed by atoms with Crippen molar-refractivity contribution in [3.8, 4) is 11.3 Å². The minimum Gasteiger partial charge on any atom is -0.456 e. The van der Waals surface area contributed by atoms with Crippen LogP contribution in [-0.2, 0) is 0 Å². The summed E-state index contributed by atoms with van der Waals surface area (Å²) in [6.07, 6.45) is 1.35. The highest BCUT2D eigenvalue weighted by atomic mass is 19.1. The predicted octanol–water partition coefficient (Wildman–Crippen LogP) is 3.87. The average Bonchev–Trinajstić information content (AvgIpc) is 2.88. The van der Waals surface area contributed by atoms with Gasteiger partial charge in [-0.1, -0.05) is 20.4 Å². The standard InChI is InChI=1S/C16H14FNO3.C2H6/c1-10(2)14(18(19)20)9-15-11(3)8-16(21-15)12-4-6-13(17)7-5-12;1-2/h4-9H,3H2,1-2H3;1-2H3/b15-9+;. The smallest absolute Gasteiger partial charge is 0.271 e. The van der Waals surface area contributed by atoms with E-state index in [1.54, 1.807) is 32.0 Å². The highest BCUT2D eigenvalue weighted by molar-refractivity contribution is 5.58. The summed E-state index contributed by atoms with van der Waals surface area (Å²) in [5, 5.41) is 11.5. The fourth-order valence-electron chi connectivity index (χ4n) is 1.83. The van der Waals surface area contributed by atoms with E-state index in [9.17, 15) is 14.5 Å². The highest BCUT2D eigenvalue weighted by Gasteiger charge is 2.11. The summed E-state index contributed by atoms with van der Waals surface area (Å²) in [6.45, 7) is 11.1. The first kappa shape index (κ1) is 18.4. The predicted molar refractivity (Wildman–Crippen MR) is 90.1 cm³/mol. The number of hydrogen-bond acceptors (Lipinski definition) is 3. The number of rotatable bonds is 3. The zero-order valence-corrected chi connectivity index (χ0v) is 13.7. The van der Waals surface area contributed by atoms with Gasteiger partial charge >= 0.3 is 0 Å². The molecule has 0 aliphatic carbocycles. The molecule has 4 nitrogen and oxygen atoms in total. The lowest BCUT2D eigenvalue weighted by molar-refractivity contribution is -0.417. The SMILES string of the molecule is C=c1cc(-c2ccc(F)cc2)o/c1=C/C(=C(C)C)[N+](=O)[O-].CC. The number of halogens is 1. The summed E-state index contributed by atoms with van der Waals surface area (Å²) in [6, 6.07) is 7.46. The number of nitrogens with zero attached hydrogens (tertiary/aromatic N) is 1. The minimum absolute atomic E-state index is 0.0279. The van der Waals surface area contributed by atoms with Crippen LogP contribution in [0.25, 0.3) is 24.0 Å². The van der Waals surface area contributed by atoms with Crippen LogP contribution < -0.4 is 10.6 Å². The van der Waals surface area contributed by atoms with Crippen molar-refractivity contribution in [2.24, 2.45) is 0 Å². The first-order valence-electron chi connectivity index (χ1n) is 7.27. The first-order valence-corrected chi connectivity index (χ1v) is 7.27. The maximum atomic E-state index is 12.9. The normalized spacial score (nSPS) is 10.7. The van der Waals surface area contributed by atoms with Gasteiger partial charge in [-0.2, -0.15) is 0 Å². The van der Waals surface area contributed by atoms with Gasteiger partial charge in [-0.25, -0.2) is 4.39 Å². The first-order chi connectivity index (χ1) is 10.9. The highest BCUT2D eigenvalue weighted by Crippen LogP contribution is 2.17. The Balaban J connectivity index is 0.00000127. The Bertz CT molecular complexity index is 813. The number of allylic oxidation sites excluding steroid dienone is 2. The van der Waals surface area contributed by atoms with Crippen LogP contribution in [0.3, 0.4) is 0 Å². The molecule has 0 saturated carbocycles. The van der Waals surface area contributed by atoms with Crippen LogP contribution in [0.2, 0.25) is 0 Å². The van der Waals surface area contributed by atoms with E-state index >= 15 is 0 Å². The van der Waals surface area contributed by atoms with Crippen molar-refractivity contribution in [3.63, 3.8) is 0 Å². The quantitative estimate of drug-likeness (QED) is 0.638. The Morgan fingerprint density at radius 1 is 1.26 bits per heavy atom. The lowest BCUT2D eigenvalue weighted by Crippen LogP contribution is -2.18. The van der Waals surface area contributed by atoms with Crippen LogP contribution in [-0.4, -0.2) is 4.92 Å². The van der Waals surface area contributed by atoms with Crippen molar-refractivity contribution >= 4 is 12.7 Å². The fraction of sp³-hybridized carbons (Fsp3) is 0.222. The molecule has 1 heterocycles. The molecule has 1 aromatic heterocycles. The monoisotopic (exact) mass is 317 g/mol. The Hall–Kier alpha value is -2.69. The van der Waals surface area contributed by atoms with E-state index in [1.807, 2.05) is 13.8 Å². The van der Waals surface area contributed by atoms with Crippen molar-refractivity contribution in [1.29, 1.82) is 0 Å². The van der Waals surface area contributed by atoms with E-state index in [2.05, 4.69) is 6.58 Å². The van der Waals surface area contributed by atoms with Crippen LogP contribution >= 0.6 is 0 Å². The summed E-state index contributed by atoms with van der Waals surface area (Å²) >= 11 is 0. The maximum absolute atomic E-state index is 12.9. The lowest BCUT2D eigenvalue weighted by Gasteiger charge is -1.95. The van der Waals surface area contributed by atoms with Gasteiger partial charge in [0.05, 0.1) is 11.0 Å². The van der Waals surface area contributed by atoms with Gasteiger partial charge in [0.15, 0.2) is 0 Å². The molecular formula is C18H20FNO3. The van der Waals surface area contributed by atoms with Gasteiger partial charge in [-0.15, -0.1) is 0 Å². The zero-order chi connectivity index (χ0) is 17.6. The largest absolute Gasteiger partial charge is 0.456 e. The Kier molecular flexibility index (Phi) is 6.45. The molecule has 0 aliphatic rings. The molecule has 0 atom stereocenters. The van der Waals surface area contributed by atoms with E-state index in [0.717, 1.165) is 0 Å². The van der Waals surface area contributed by atoms with Gasteiger partial charge in [0, 0.05) is 16.4 Å². The van der Waals surface area contributed by atoms with Crippen LogP contribution in [0, 0.1) is 15.9 Å². The molecule has 0 spiro atoms. The second-order valence-electron chi connectivity index (χ2n) is 4.79. The number of hydrogen-bond donors (Lipinski definition) is 0. The molecule has 122 valence electrons. The third-order valence-electron chi connectivity index (χ3n) is 2.95. The summed E-state index contributed by atoms with van der Waals surface area (Å²) in [5.41, 5.74) is 1.54. The van der Waals surface area contributed by atoms with E-state index < -0.39 is 4.92 Å². The van der Waals surface area contributed by atoms with E-state index in [0.29, 0.717) is 27.5 Å². The molecule has 2 aromatic rings. The summed E-state index contributed by atoms with van der Waals surface area (Å²) in [7, 11) is 0. The zero-order valence-electron chi connectivity index (χ0n) is 13.7. The molecule has 1 aromatic carbocycles. The molecule has 0 saturated heterocycles. The van der Waals surface area contributed by atoms with Crippen molar-refractivity contribution in [2.45, 2.75) is 27.7 Å². The van der Waals surface area contributed by atoms with Crippen LogP contribution in [0.4, 0.5) is 4.39 Å². The summed E-state index contributed by atoms with van der Waals surface area (Å²) in [4.78, 5) is 10.5. The van der Waals surface area contributed by atoms with E-state index in [-0.39, 0.29) is 11.5 Å². The molecule has 0 radical (unpaired) electrons. The lowest BCUT2D eigenvalue weighted by atomic mass is 10.2. The van der Waals surface area contributed by atoms with Gasteiger partial charge < -0.3 is 4.42 Å². The van der Waals surface area contributed by atoms with Crippen molar-refractivity contribution < 1.29 is 13.7 Å². The third-order valence-corrected chi connectivity index (χ3v) is 2.95. The Morgan fingerprint density at radius 2 is 1.83 bits per heavy atom. The molecule has 2 rings (SSSR count). The third kappa shape index (κ3) is 4.64. The van der Waals surface area contributed by atoms with Crippen molar-refractivity contribution in [1.82, 2.24) is 0 Å². The molecule has 0 fully saturated rings. The molecule has 23 heavy (non-hydrogen) atoms. The van der Waals surface area contributed by atoms with Crippen molar-refractivity contribution in [2.75, 3.05) is 0 Å². The van der Waals surface area contributed by atoms with E-state index in [4.69, 9.17) is 4.42 Å². The van der Waals surface area contributed by atoms with Crippen molar-refractivity contribution in [3.05, 3.63) is 68.2 Å². The summed E-state index contributed by atoms with van der Waals surface area (Å²) < 4.78 is 18.5. The minimum atomic E-state index is -0.463. The molecule has 5 heteroatoms. The Labute approximate surface area is 134 Å². The molecule has 0 N–H and O–H groups in total. The molecular weight excluding hydrogens is 297 g/mol. The Morgan fingerprint density at radius 3 is 2.30 bits per heavy atom. The number of benzene rings is 1. The van der Waals surface area contributed by atoms with Gasteiger partial charge in [0.1, 0.15) is 17.0 Å². The maximum Gasteiger partial charge on any atom is 0.271 e. The molecule has 0 aliphatic heterocycles. The van der Waals surface area contributed by atoms with Gasteiger partial charge in [0.2, 0.25) is 0 Å². The fourth-order valence-corrected chi connectivity index (χ4v) is 1.83. The van der Waals surface area contributed by atoms with Gasteiger partial charge in [-0.3, -0.25) is 10.1 Å². The van der Waals surface area contributed by atoms with Gasteiger partial charge in [0.25, 0.3) is 5.70 Å². The molecule has 0 amide bonds. The van der Waals surface area contributed by atoms with Crippen LogP contribution in [0.1, 0.15) is 27.7 Å². The van der Waals surface area contributed by atoms with Crippen LogP contribution in [0.5, 0.6) is 0 Å². The second-order valence-corrected chi connectivity index (χ2v) is 4.79. The summed E-state index contributed by atoms with van der Waals surface area (Å²) in [5.74, 6) is 0.148. The average molecular weight is 317 g/mol. The molecule has 0 unspecified atom stereocenters. The van der Waals surface area contributed by atoms with Gasteiger partial charge in [-0.05, 0) is 44.2 Å².